The number of ether oxygens (including phenoxy) is 1. The average Bonchev–Trinajstić information content (AvgIpc) is 3.55. The van der Waals surface area contributed by atoms with Crippen molar-refractivity contribution >= 4 is 17.3 Å². The lowest BCUT2D eigenvalue weighted by molar-refractivity contribution is -0.946. The molecule has 172 valence electrons. The van der Waals surface area contributed by atoms with E-state index in [1.54, 1.807) is 0 Å². The van der Waals surface area contributed by atoms with E-state index in [0.29, 0.717) is 5.92 Å². The Bertz CT molecular complexity index is 885. The highest BCUT2D eigenvalue weighted by atomic mass is 32.1. The molecular formula is C27H36NO3S+. The summed E-state index contributed by atoms with van der Waals surface area (Å²) in [7, 11) is 0. The van der Waals surface area contributed by atoms with Gasteiger partial charge in [0.05, 0.1) is 19.6 Å². The number of carbonyl (C=O) groups excluding carboxylic acids is 1. The van der Waals surface area contributed by atoms with Crippen molar-refractivity contribution in [1.29, 1.82) is 0 Å². The van der Waals surface area contributed by atoms with Gasteiger partial charge in [0.2, 0.25) is 0 Å². The molecule has 32 heavy (non-hydrogen) atoms. The molecule has 0 radical (unpaired) electrons. The largest absolute Gasteiger partial charge is 0.454 e. The van der Waals surface area contributed by atoms with Crippen LogP contribution in [0.3, 0.4) is 0 Å². The van der Waals surface area contributed by atoms with Crippen LogP contribution in [0.4, 0.5) is 0 Å². The number of rotatable bonds is 8. The summed E-state index contributed by atoms with van der Waals surface area (Å²) in [6.07, 6.45) is 8.43. The van der Waals surface area contributed by atoms with E-state index in [1.807, 2.05) is 17.5 Å². The molecule has 3 aliphatic heterocycles. The number of esters is 1. The molecule has 4 aliphatic rings. The molecule has 6 rings (SSSR count). The molecule has 4 heterocycles. The number of carbonyl (C=O) groups is 1. The fourth-order valence-corrected chi connectivity index (χ4v) is 7.36. The Kier molecular flexibility index (Phi) is 6.42. The molecule has 0 spiro atoms. The van der Waals surface area contributed by atoms with Crippen molar-refractivity contribution in [2.24, 2.45) is 11.8 Å². The molecule has 0 unspecified atom stereocenters. The molecule has 2 atom stereocenters. The maximum atomic E-state index is 13.5. The SMILES string of the molecule is O=C(O[C@H]1C[N+]2(CCCc3ccccc3)CCC1CC2)[C@@](O)(c1cccs1)C1CCCC1. The van der Waals surface area contributed by atoms with E-state index in [1.165, 1.54) is 30.0 Å². The first-order valence-electron chi connectivity index (χ1n) is 12.5. The lowest BCUT2D eigenvalue weighted by Gasteiger charge is -2.52. The summed E-state index contributed by atoms with van der Waals surface area (Å²) in [4.78, 5) is 14.3. The van der Waals surface area contributed by atoms with Gasteiger partial charge in [0, 0.05) is 36.0 Å². The van der Waals surface area contributed by atoms with Gasteiger partial charge >= 0.3 is 5.97 Å². The molecule has 1 N–H and O–H groups in total. The summed E-state index contributed by atoms with van der Waals surface area (Å²) in [5, 5.41) is 13.7. The number of fused-ring (bicyclic) bond motifs is 3. The maximum absolute atomic E-state index is 13.5. The van der Waals surface area contributed by atoms with Gasteiger partial charge in [0.15, 0.2) is 11.7 Å². The van der Waals surface area contributed by atoms with Gasteiger partial charge < -0.3 is 14.3 Å². The Morgan fingerprint density at radius 3 is 2.50 bits per heavy atom. The first kappa shape index (κ1) is 22.1. The van der Waals surface area contributed by atoms with Crippen molar-refractivity contribution in [3.63, 3.8) is 0 Å². The summed E-state index contributed by atoms with van der Waals surface area (Å²) in [5.74, 6) is 0.0287. The minimum absolute atomic E-state index is 0.0243. The number of aliphatic hydroxyl groups is 1. The van der Waals surface area contributed by atoms with E-state index in [9.17, 15) is 9.90 Å². The number of benzene rings is 1. The molecule has 3 saturated heterocycles. The van der Waals surface area contributed by atoms with Crippen LogP contribution in [0.1, 0.15) is 55.4 Å². The van der Waals surface area contributed by atoms with Gasteiger partial charge in [-0.2, -0.15) is 0 Å². The smallest absolute Gasteiger partial charge is 0.344 e. The molecule has 1 aromatic heterocycles. The van der Waals surface area contributed by atoms with Crippen LogP contribution in [0, 0.1) is 11.8 Å². The number of aryl methyl sites for hydroxylation is 1. The molecule has 1 aromatic carbocycles. The van der Waals surface area contributed by atoms with Crippen molar-refractivity contribution < 1.29 is 19.1 Å². The normalized spacial score (nSPS) is 29.7. The zero-order valence-electron chi connectivity index (χ0n) is 19.0. The van der Waals surface area contributed by atoms with Gasteiger partial charge in [-0.3, -0.25) is 0 Å². The molecular weight excluding hydrogens is 418 g/mol. The standard InChI is InChI=1S/C27H36NO3S/c29-26(27(30,23-11-4-5-12-23)25-13-7-19-32-25)31-24-20-28(17-14-22(24)15-18-28)16-6-10-21-8-2-1-3-9-21/h1-3,7-9,13,19,22-24,30H,4-6,10-12,14-18,20H2/q+1/t22?,24-,27-,28?/m0/s1. The molecule has 2 aromatic rings. The number of hydrogen-bond donors (Lipinski definition) is 1. The van der Waals surface area contributed by atoms with Crippen molar-refractivity contribution in [3.05, 3.63) is 58.3 Å². The summed E-state index contributed by atoms with van der Waals surface area (Å²) < 4.78 is 7.29. The van der Waals surface area contributed by atoms with Gasteiger partial charge in [-0.15, -0.1) is 11.3 Å². The van der Waals surface area contributed by atoms with Gasteiger partial charge in [-0.05, 0) is 36.3 Å². The van der Waals surface area contributed by atoms with Crippen molar-refractivity contribution in [2.45, 2.75) is 63.1 Å². The highest BCUT2D eigenvalue weighted by Crippen LogP contribution is 2.44. The second kappa shape index (κ2) is 9.28. The third kappa shape index (κ3) is 4.27. The Hall–Kier alpha value is -1.69. The highest BCUT2D eigenvalue weighted by molar-refractivity contribution is 7.10. The van der Waals surface area contributed by atoms with E-state index in [4.69, 9.17) is 4.74 Å². The Balaban J connectivity index is 1.26. The number of piperidine rings is 3. The van der Waals surface area contributed by atoms with E-state index in [0.717, 1.165) is 73.8 Å². The monoisotopic (exact) mass is 454 g/mol. The van der Waals surface area contributed by atoms with E-state index in [2.05, 4.69) is 30.3 Å². The van der Waals surface area contributed by atoms with Gasteiger partial charge in [0.1, 0.15) is 6.54 Å². The molecule has 2 bridgehead atoms. The highest BCUT2D eigenvalue weighted by Gasteiger charge is 2.53. The van der Waals surface area contributed by atoms with Crippen LogP contribution in [0.5, 0.6) is 0 Å². The number of quaternary nitrogens is 1. The van der Waals surface area contributed by atoms with Crippen molar-refractivity contribution in [3.8, 4) is 0 Å². The lowest BCUT2D eigenvalue weighted by atomic mass is 9.81. The summed E-state index contributed by atoms with van der Waals surface area (Å²) >= 11 is 1.48. The zero-order chi connectivity index (χ0) is 22.0. The third-order valence-corrected chi connectivity index (χ3v) is 9.39. The minimum Gasteiger partial charge on any atom is -0.454 e. The number of hydrogen-bond acceptors (Lipinski definition) is 4. The molecule has 4 fully saturated rings. The first-order valence-corrected chi connectivity index (χ1v) is 13.3. The van der Waals surface area contributed by atoms with E-state index in [-0.39, 0.29) is 12.0 Å². The van der Waals surface area contributed by atoms with Crippen molar-refractivity contribution in [1.82, 2.24) is 0 Å². The van der Waals surface area contributed by atoms with Gasteiger partial charge in [-0.25, -0.2) is 4.79 Å². The first-order chi connectivity index (χ1) is 15.6. The Morgan fingerprint density at radius 2 is 1.81 bits per heavy atom. The van der Waals surface area contributed by atoms with Crippen molar-refractivity contribution in [2.75, 3.05) is 26.2 Å². The fraction of sp³-hybridized carbons (Fsp3) is 0.593. The minimum atomic E-state index is -1.48. The van der Waals surface area contributed by atoms with Crippen LogP contribution in [-0.4, -0.2) is 47.8 Å². The van der Waals surface area contributed by atoms with E-state index >= 15 is 0 Å². The molecule has 4 nitrogen and oxygen atoms in total. The van der Waals surface area contributed by atoms with Crippen LogP contribution in [0.15, 0.2) is 47.8 Å². The second-order valence-electron chi connectivity index (χ2n) is 10.3. The predicted molar refractivity (Wildman–Crippen MR) is 127 cm³/mol. The molecule has 0 amide bonds. The summed E-state index contributed by atoms with van der Waals surface area (Å²) in [6.45, 7) is 4.46. The zero-order valence-corrected chi connectivity index (χ0v) is 19.8. The van der Waals surface area contributed by atoms with Crippen LogP contribution in [-0.2, 0) is 21.6 Å². The van der Waals surface area contributed by atoms with E-state index < -0.39 is 11.6 Å². The maximum Gasteiger partial charge on any atom is 0.344 e. The lowest BCUT2D eigenvalue weighted by Crippen LogP contribution is -2.65. The van der Waals surface area contributed by atoms with Crippen LogP contribution >= 0.6 is 11.3 Å². The molecule has 5 heteroatoms. The second-order valence-corrected chi connectivity index (χ2v) is 11.2. The van der Waals surface area contributed by atoms with Gasteiger partial charge in [0.25, 0.3) is 0 Å². The Labute approximate surface area is 195 Å². The average molecular weight is 455 g/mol. The summed E-state index contributed by atoms with van der Waals surface area (Å²) in [6, 6.07) is 14.5. The molecule has 1 saturated carbocycles. The van der Waals surface area contributed by atoms with Crippen LogP contribution in [0.2, 0.25) is 0 Å². The summed E-state index contributed by atoms with van der Waals surface area (Å²) in [5.41, 5.74) is -0.0763. The number of thiophene rings is 1. The topological polar surface area (TPSA) is 46.5 Å². The fourth-order valence-electron chi connectivity index (χ4n) is 6.47. The number of nitrogens with zero attached hydrogens (tertiary/aromatic N) is 1. The predicted octanol–water partition coefficient (Wildman–Crippen LogP) is 4.91. The van der Waals surface area contributed by atoms with Gasteiger partial charge in [-0.1, -0.05) is 49.2 Å². The van der Waals surface area contributed by atoms with Crippen LogP contribution in [0.25, 0.3) is 0 Å². The quantitative estimate of drug-likeness (QED) is 0.455. The Morgan fingerprint density at radius 1 is 1.06 bits per heavy atom. The third-order valence-electron chi connectivity index (χ3n) is 8.39. The van der Waals surface area contributed by atoms with Crippen LogP contribution < -0.4 is 0 Å². The molecule has 1 aliphatic carbocycles.